The number of thioether (sulfide) groups is 1. The van der Waals surface area contributed by atoms with Gasteiger partial charge in [-0.1, -0.05) is 29.1 Å². The Bertz CT molecular complexity index is 747. The van der Waals surface area contributed by atoms with Crippen LogP contribution in [0.1, 0.15) is 12.6 Å². The fourth-order valence-electron chi connectivity index (χ4n) is 1.75. The predicted molar refractivity (Wildman–Crippen MR) is 79.2 cm³/mol. The zero-order chi connectivity index (χ0) is 14.8. The van der Waals surface area contributed by atoms with Gasteiger partial charge in [0.05, 0.1) is 10.9 Å². The third-order valence-corrected chi connectivity index (χ3v) is 3.74. The van der Waals surface area contributed by atoms with Crippen LogP contribution >= 0.6 is 11.8 Å². The first-order valence-electron chi connectivity index (χ1n) is 6.38. The molecule has 1 unspecified atom stereocenters. The summed E-state index contributed by atoms with van der Waals surface area (Å²) in [7, 11) is 0. The van der Waals surface area contributed by atoms with Crippen molar-refractivity contribution in [3.05, 3.63) is 36.0 Å². The third kappa shape index (κ3) is 3.08. The van der Waals surface area contributed by atoms with Crippen molar-refractivity contribution in [2.24, 2.45) is 0 Å². The number of para-hydroxylation sites is 2. The molecule has 0 aliphatic heterocycles. The number of oxazole rings is 1. The second kappa shape index (κ2) is 5.61. The quantitative estimate of drug-likeness (QED) is 0.745. The van der Waals surface area contributed by atoms with Crippen LogP contribution in [0.3, 0.4) is 0 Å². The van der Waals surface area contributed by atoms with Crippen molar-refractivity contribution >= 4 is 34.7 Å². The van der Waals surface area contributed by atoms with Crippen LogP contribution < -0.4 is 5.32 Å². The van der Waals surface area contributed by atoms with Crippen LogP contribution in [0.5, 0.6) is 0 Å². The van der Waals surface area contributed by atoms with Crippen LogP contribution in [0.4, 0.5) is 5.88 Å². The number of hydrogen-bond donors (Lipinski definition) is 1. The van der Waals surface area contributed by atoms with E-state index in [-0.39, 0.29) is 11.2 Å². The zero-order valence-electron chi connectivity index (χ0n) is 11.5. The maximum absolute atomic E-state index is 12.1. The number of rotatable bonds is 4. The minimum absolute atomic E-state index is 0.196. The molecule has 2 aromatic heterocycles. The number of benzene rings is 1. The second-order valence-corrected chi connectivity index (χ2v) is 5.82. The monoisotopic (exact) mass is 303 g/mol. The highest BCUT2D eigenvalue weighted by atomic mass is 32.2. The number of hydrogen-bond acceptors (Lipinski definition) is 6. The highest BCUT2D eigenvalue weighted by Gasteiger charge is 2.19. The van der Waals surface area contributed by atoms with Crippen molar-refractivity contribution in [3.63, 3.8) is 0 Å². The molecule has 0 bridgehead atoms. The van der Waals surface area contributed by atoms with Gasteiger partial charge in [0, 0.05) is 6.07 Å². The van der Waals surface area contributed by atoms with Crippen molar-refractivity contribution in [2.45, 2.75) is 24.3 Å². The lowest BCUT2D eigenvalue weighted by atomic mass is 10.3. The van der Waals surface area contributed by atoms with Crippen LogP contribution in [-0.2, 0) is 4.79 Å². The number of fused-ring (bicyclic) bond motifs is 1. The van der Waals surface area contributed by atoms with Crippen LogP contribution in [0.2, 0.25) is 0 Å². The predicted octanol–water partition coefficient (Wildman–Crippen LogP) is 3.24. The summed E-state index contributed by atoms with van der Waals surface area (Å²) >= 11 is 1.25. The van der Waals surface area contributed by atoms with Gasteiger partial charge in [-0.05, 0) is 26.0 Å². The van der Waals surface area contributed by atoms with Crippen LogP contribution in [0, 0.1) is 6.92 Å². The molecule has 0 spiro atoms. The Balaban J connectivity index is 1.67. The second-order valence-electron chi connectivity index (χ2n) is 4.53. The molecule has 0 radical (unpaired) electrons. The van der Waals surface area contributed by atoms with E-state index in [4.69, 9.17) is 8.94 Å². The molecule has 0 aliphatic rings. The number of amides is 1. The van der Waals surface area contributed by atoms with E-state index in [0.717, 1.165) is 5.52 Å². The van der Waals surface area contributed by atoms with Crippen molar-refractivity contribution < 1.29 is 13.7 Å². The molecule has 1 atom stereocenters. The summed E-state index contributed by atoms with van der Waals surface area (Å²) < 4.78 is 10.5. The minimum Gasteiger partial charge on any atom is -0.431 e. The van der Waals surface area contributed by atoms with Gasteiger partial charge >= 0.3 is 0 Å². The van der Waals surface area contributed by atoms with Gasteiger partial charge in [0.25, 0.3) is 5.22 Å². The van der Waals surface area contributed by atoms with Crippen LogP contribution in [-0.4, -0.2) is 21.3 Å². The molecule has 7 heteroatoms. The summed E-state index contributed by atoms with van der Waals surface area (Å²) in [5, 5.41) is 6.47. The van der Waals surface area contributed by atoms with Gasteiger partial charge in [-0.2, -0.15) is 0 Å². The van der Waals surface area contributed by atoms with E-state index in [1.54, 1.807) is 19.9 Å². The van der Waals surface area contributed by atoms with Gasteiger partial charge in [-0.3, -0.25) is 10.1 Å². The molecule has 0 fully saturated rings. The first kappa shape index (κ1) is 13.7. The normalized spacial score (nSPS) is 12.5. The van der Waals surface area contributed by atoms with Gasteiger partial charge in [-0.25, -0.2) is 4.98 Å². The molecule has 6 nitrogen and oxygen atoms in total. The number of nitrogens with one attached hydrogen (secondary N) is 1. The lowest BCUT2D eigenvalue weighted by molar-refractivity contribution is -0.115. The highest BCUT2D eigenvalue weighted by molar-refractivity contribution is 8.00. The Morgan fingerprint density at radius 2 is 2.19 bits per heavy atom. The number of carbonyl (C=O) groups is 1. The fraction of sp³-hybridized carbons (Fsp3) is 0.214. The molecule has 3 rings (SSSR count). The maximum Gasteiger partial charge on any atom is 0.257 e. The first-order valence-corrected chi connectivity index (χ1v) is 7.26. The molecule has 0 saturated carbocycles. The summed E-state index contributed by atoms with van der Waals surface area (Å²) in [6.45, 7) is 3.56. The summed E-state index contributed by atoms with van der Waals surface area (Å²) in [6.07, 6.45) is 0. The van der Waals surface area contributed by atoms with Crippen molar-refractivity contribution in [1.29, 1.82) is 0 Å². The number of aromatic nitrogens is 2. The Morgan fingerprint density at radius 1 is 1.38 bits per heavy atom. The molecule has 21 heavy (non-hydrogen) atoms. The van der Waals surface area contributed by atoms with Crippen molar-refractivity contribution in [2.75, 3.05) is 5.32 Å². The van der Waals surface area contributed by atoms with Crippen LogP contribution in [0.15, 0.2) is 44.5 Å². The van der Waals surface area contributed by atoms with Crippen molar-refractivity contribution in [3.8, 4) is 0 Å². The summed E-state index contributed by atoms with van der Waals surface area (Å²) in [4.78, 5) is 16.4. The van der Waals surface area contributed by atoms with Gasteiger partial charge in [-0.15, -0.1) is 0 Å². The Labute approximate surface area is 124 Å². The van der Waals surface area contributed by atoms with Crippen molar-refractivity contribution in [1.82, 2.24) is 10.1 Å². The lowest BCUT2D eigenvalue weighted by Crippen LogP contribution is -2.22. The van der Waals surface area contributed by atoms with Gasteiger partial charge in [0.2, 0.25) is 11.8 Å². The molecule has 3 aromatic rings. The molecule has 0 saturated heterocycles. The Morgan fingerprint density at radius 3 is 2.90 bits per heavy atom. The SMILES string of the molecule is Cc1cc(NC(=O)C(C)Sc2nc3ccccc3o2)on1. The number of carbonyl (C=O) groups excluding carboxylic acids is 1. The minimum atomic E-state index is -0.372. The maximum atomic E-state index is 12.1. The van der Waals surface area contributed by atoms with E-state index < -0.39 is 0 Å². The molecule has 2 heterocycles. The zero-order valence-corrected chi connectivity index (χ0v) is 12.3. The van der Waals surface area contributed by atoms with E-state index in [0.29, 0.717) is 22.4 Å². The van der Waals surface area contributed by atoms with Gasteiger partial charge < -0.3 is 8.94 Å². The molecule has 1 N–H and O–H groups in total. The number of nitrogens with zero attached hydrogens (tertiary/aromatic N) is 2. The Hall–Kier alpha value is -2.28. The fourth-order valence-corrected chi connectivity index (χ4v) is 2.51. The summed E-state index contributed by atoms with van der Waals surface area (Å²) in [6, 6.07) is 9.14. The topological polar surface area (TPSA) is 81.2 Å². The molecular weight excluding hydrogens is 290 g/mol. The summed E-state index contributed by atoms with van der Waals surface area (Å²) in [5.41, 5.74) is 2.20. The van der Waals surface area contributed by atoms with E-state index in [1.807, 2.05) is 24.3 Å². The molecule has 0 aliphatic carbocycles. The average Bonchev–Trinajstić information content (AvgIpc) is 3.04. The standard InChI is InChI=1S/C14H13N3O3S/c1-8-7-12(20-17-8)16-13(18)9(2)21-14-15-10-5-3-4-6-11(10)19-14/h3-7,9H,1-2H3,(H,16,18). The Kier molecular flexibility index (Phi) is 3.66. The molecule has 1 aromatic carbocycles. The van der Waals surface area contributed by atoms with Gasteiger partial charge in [0.1, 0.15) is 5.52 Å². The van der Waals surface area contributed by atoms with Crippen LogP contribution in [0.25, 0.3) is 11.1 Å². The average molecular weight is 303 g/mol. The third-order valence-electron chi connectivity index (χ3n) is 2.80. The largest absolute Gasteiger partial charge is 0.431 e. The molecule has 108 valence electrons. The smallest absolute Gasteiger partial charge is 0.257 e. The number of anilines is 1. The van der Waals surface area contributed by atoms with Gasteiger partial charge in [0.15, 0.2) is 5.58 Å². The number of aryl methyl sites for hydroxylation is 1. The molecular formula is C14H13N3O3S. The molecule has 1 amide bonds. The van der Waals surface area contributed by atoms with E-state index in [1.165, 1.54) is 11.8 Å². The van der Waals surface area contributed by atoms with E-state index in [2.05, 4.69) is 15.5 Å². The summed E-state index contributed by atoms with van der Waals surface area (Å²) in [5.74, 6) is 0.140. The van der Waals surface area contributed by atoms with E-state index in [9.17, 15) is 4.79 Å². The highest BCUT2D eigenvalue weighted by Crippen LogP contribution is 2.27. The van der Waals surface area contributed by atoms with E-state index >= 15 is 0 Å². The first-order chi connectivity index (χ1) is 10.1. The lowest BCUT2D eigenvalue weighted by Gasteiger charge is -2.06.